The van der Waals surface area contributed by atoms with Crippen LogP contribution in [0, 0.1) is 0 Å². The number of aromatic nitrogens is 3. The van der Waals surface area contributed by atoms with E-state index in [9.17, 15) is 0 Å². The minimum absolute atomic E-state index is 0.0133. The molecule has 0 spiro atoms. The normalized spacial score (nSPS) is 11.5. The number of nitrogens with zero attached hydrogens (tertiary/aromatic N) is 6. The maximum absolute atomic E-state index is 6.19. The quantitative estimate of drug-likeness (QED) is 0.0328. The van der Waals surface area contributed by atoms with Crippen LogP contribution in [0.15, 0.2) is 161 Å². The molecule has 1 heterocycles. The first kappa shape index (κ1) is 52.6. The fourth-order valence-corrected chi connectivity index (χ4v) is 8.13. The predicted octanol–water partition coefficient (Wildman–Crippen LogP) is 18.0. The van der Waals surface area contributed by atoms with E-state index in [1.54, 1.807) is 0 Å². The van der Waals surface area contributed by atoms with E-state index in [0.717, 1.165) is 53.0 Å². The summed E-state index contributed by atoms with van der Waals surface area (Å²) in [5.41, 5.74) is 9.57. The molecule has 0 atom stereocenters. The Bertz CT molecular complexity index is 2400. The van der Waals surface area contributed by atoms with E-state index in [1.807, 2.05) is 91.4 Å². The zero-order chi connectivity index (χ0) is 49.8. The second-order valence-electron chi connectivity index (χ2n) is 18.5. The van der Waals surface area contributed by atoms with Gasteiger partial charge in [-0.2, -0.15) is 0 Å². The van der Waals surface area contributed by atoms with Crippen molar-refractivity contribution in [3.63, 3.8) is 0 Å². The predicted molar refractivity (Wildman–Crippen MR) is 298 cm³/mol. The standard InChI is InChI=1S/C63H72N6O3/c1-4-7-10-13-16-19-49-22-34-55(35-23-49)64-46-52-28-40-58(41-29-52)70-61-67-62(71-59-42-30-53(31-43-59)47-65-56-36-24-50(25-37-56)20-17-14-11-8-5-2)69-63(68-61)72-60-44-32-54(33-45-60)48-66-57-38-26-51(27-39-57)21-18-15-12-9-6-3/h22-48H,4-21H2,1-3H3. The smallest absolute Gasteiger partial charge is 0.331 e. The Hall–Kier alpha value is -7.26. The lowest BCUT2D eigenvalue weighted by Gasteiger charge is -2.10. The Labute approximate surface area is 428 Å². The summed E-state index contributed by atoms with van der Waals surface area (Å²) in [6.45, 7) is 6.75. The molecule has 0 saturated heterocycles. The summed E-state index contributed by atoms with van der Waals surface area (Å²) in [6.07, 6.45) is 28.1. The molecule has 7 rings (SSSR count). The van der Waals surface area contributed by atoms with Gasteiger partial charge in [-0.25, -0.2) is 0 Å². The van der Waals surface area contributed by atoms with Crippen LogP contribution in [0.1, 0.15) is 150 Å². The Morgan fingerprint density at radius 2 is 0.556 bits per heavy atom. The molecule has 0 bridgehead atoms. The third-order valence-electron chi connectivity index (χ3n) is 12.4. The molecular weight excluding hydrogens is 889 g/mol. The van der Waals surface area contributed by atoms with E-state index in [-0.39, 0.29) is 18.0 Å². The molecule has 9 nitrogen and oxygen atoms in total. The first-order valence-electron chi connectivity index (χ1n) is 26.5. The Morgan fingerprint density at radius 1 is 0.306 bits per heavy atom. The van der Waals surface area contributed by atoms with Crippen molar-refractivity contribution in [2.75, 3.05) is 0 Å². The van der Waals surface area contributed by atoms with Crippen LogP contribution in [0.4, 0.5) is 17.1 Å². The third-order valence-corrected chi connectivity index (χ3v) is 12.4. The van der Waals surface area contributed by atoms with Gasteiger partial charge in [0.05, 0.1) is 17.1 Å². The summed E-state index contributed by atoms with van der Waals surface area (Å²) in [5, 5.41) is 0. The SMILES string of the molecule is CCCCCCCc1ccc(N=Cc2ccc(Oc3nc(Oc4ccc(C=Nc5ccc(CCCCCCC)cc5)cc4)nc(Oc4ccc(C=Nc5ccc(CCCCCCC)cc5)cc4)n3)cc2)cc1. The first-order chi connectivity index (χ1) is 35.5. The van der Waals surface area contributed by atoms with Gasteiger partial charge < -0.3 is 14.2 Å². The topological polar surface area (TPSA) is 103 Å². The molecule has 0 aliphatic carbocycles. The van der Waals surface area contributed by atoms with Crippen LogP contribution in [0.3, 0.4) is 0 Å². The van der Waals surface area contributed by atoms with Crippen molar-refractivity contribution >= 4 is 35.7 Å². The number of hydrogen-bond donors (Lipinski definition) is 0. The van der Waals surface area contributed by atoms with Gasteiger partial charge in [-0.05, 0) is 181 Å². The van der Waals surface area contributed by atoms with E-state index in [0.29, 0.717) is 17.2 Å². The number of ether oxygens (including phenoxy) is 3. The van der Waals surface area contributed by atoms with E-state index in [2.05, 4.69) is 109 Å². The van der Waals surface area contributed by atoms with Gasteiger partial charge in [0.25, 0.3) is 0 Å². The van der Waals surface area contributed by atoms with E-state index in [4.69, 9.17) is 29.2 Å². The van der Waals surface area contributed by atoms with Crippen molar-refractivity contribution in [2.45, 2.75) is 136 Å². The second-order valence-corrected chi connectivity index (χ2v) is 18.5. The number of benzene rings is 6. The Kier molecular flexibility index (Phi) is 21.8. The molecule has 0 fully saturated rings. The van der Waals surface area contributed by atoms with Gasteiger partial charge in [-0.1, -0.05) is 134 Å². The van der Waals surface area contributed by atoms with Gasteiger partial charge in [0, 0.05) is 18.6 Å². The fraction of sp³-hybridized carbons (Fsp3) is 0.333. The molecule has 72 heavy (non-hydrogen) atoms. The van der Waals surface area contributed by atoms with Crippen molar-refractivity contribution in [3.8, 4) is 35.3 Å². The van der Waals surface area contributed by atoms with Gasteiger partial charge in [0.2, 0.25) is 0 Å². The largest absolute Gasteiger partial charge is 0.424 e. The number of hydrogen-bond acceptors (Lipinski definition) is 9. The van der Waals surface area contributed by atoms with Crippen LogP contribution in [0.5, 0.6) is 35.3 Å². The van der Waals surface area contributed by atoms with Gasteiger partial charge in [-0.3, -0.25) is 15.0 Å². The van der Waals surface area contributed by atoms with Gasteiger partial charge >= 0.3 is 18.0 Å². The summed E-state index contributed by atoms with van der Waals surface area (Å²) < 4.78 is 18.6. The maximum atomic E-state index is 6.19. The highest BCUT2D eigenvalue weighted by Crippen LogP contribution is 2.28. The molecule has 0 saturated carbocycles. The first-order valence-corrected chi connectivity index (χ1v) is 26.5. The number of unbranched alkanes of at least 4 members (excludes halogenated alkanes) is 12. The van der Waals surface area contributed by atoms with Crippen LogP contribution < -0.4 is 14.2 Å². The van der Waals surface area contributed by atoms with Gasteiger partial charge in [-0.15, -0.1) is 15.0 Å². The molecule has 0 amide bonds. The van der Waals surface area contributed by atoms with Crippen LogP contribution in [-0.2, 0) is 19.3 Å². The van der Waals surface area contributed by atoms with Crippen molar-refractivity contribution < 1.29 is 14.2 Å². The molecule has 0 N–H and O–H groups in total. The van der Waals surface area contributed by atoms with Crippen LogP contribution in [0.2, 0.25) is 0 Å². The maximum Gasteiger partial charge on any atom is 0.331 e. The van der Waals surface area contributed by atoms with Crippen LogP contribution in [-0.4, -0.2) is 33.6 Å². The molecule has 6 aromatic carbocycles. The zero-order valence-electron chi connectivity index (χ0n) is 42.7. The van der Waals surface area contributed by atoms with E-state index < -0.39 is 0 Å². The number of aryl methyl sites for hydroxylation is 3. The third kappa shape index (κ3) is 18.8. The lowest BCUT2D eigenvalue weighted by Crippen LogP contribution is -2.01. The molecule has 9 heteroatoms. The second kappa shape index (κ2) is 29.8. The van der Waals surface area contributed by atoms with E-state index >= 15 is 0 Å². The fourth-order valence-electron chi connectivity index (χ4n) is 8.13. The summed E-state index contributed by atoms with van der Waals surface area (Å²) in [4.78, 5) is 27.7. The van der Waals surface area contributed by atoms with Crippen molar-refractivity contribution in [1.29, 1.82) is 0 Å². The van der Waals surface area contributed by atoms with Crippen LogP contribution in [0.25, 0.3) is 0 Å². The average molecular weight is 961 g/mol. The molecule has 7 aromatic rings. The molecule has 0 radical (unpaired) electrons. The Balaban J connectivity index is 0.994. The summed E-state index contributed by atoms with van der Waals surface area (Å²) in [7, 11) is 0. The van der Waals surface area contributed by atoms with E-state index in [1.165, 1.54) is 113 Å². The minimum atomic E-state index is 0.0133. The lowest BCUT2D eigenvalue weighted by atomic mass is 10.1. The summed E-state index contributed by atoms with van der Waals surface area (Å²) in [5.74, 6) is 1.58. The zero-order valence-corrected chi connectivity index (χ0v) is 42.7. The monoisotopic (exact) mass is 961 g/mol. The van der Waals surface area contributed by atoms with Gasteiger partial charge in [0.15, 0.2) is 0 Å². The summed E-state index contributed by atoms with van der Waals surface area (Å²) >= 11 is 0. The molecule has 372 valence electrons. The van der Waals surface area contributed by atoms with Crippen molar-refractivity contribution in [2.24, 2.45) is 15.0 Å². The minimum Gasteiger partial charge on any atom is -0.424 e. The summed E-state index contributed by atoms with van der Waals surface area (Å²) in [6, 6.07) is 48.3. The molecule has 0 unspecified atom stereocenters. The molecule has 0 aliphatic heterocycles. The van der Waals surface area contributed by atoms with Crippen LogP contribution >= 0.6 is 0 Å². The number of rotatable bonds is 30. The highest BCUT2D eigenvalue weighted by atomic mass is 16.5. The number of aliphatic imine (C=N–C) groups is 3. The van der Waals surface area contributed by atoms with Crippen molar-refractivity contribution in [1.82, 2.24) is 15.0 Å². The van der Waals surface area contributed by atoms with Crippen molar-refractivity contribution in [3.05, 3.63) is 179 Å². The molecule has 0 aliphatic rings. The lowest BCUT2D eigenvalue weighted by molar-refractivity contribution is 0.362. The molecular formula is C63H72N6O3. The Morgan fingerprint density at radius 3 is 0.806 bits per heavy atom. The molecule has 1 aromatic heterocycles. The average Bonchev–Trinajstić information content (AvgIpc) is 3.41. The van der Waals surface area contributed by atoms with Gasteiger partial charge in [0.1, 0.15) is 17.2 Å². The highest BCUT2D eigenvalue weighted by Gasteiger charge is 2.14. The highest BCUT2D eigenvalue weighted by molar-refractivity contribution is 5.83.